The van der Waals surface area contributed by atoms with E-state index in [9.17, 15) is 22.0 Å². The van der Waals surface area contributed by atoms with Crippen LogP contribution < -0.4 is 10.2 Å². The van der Waals surface area contributed by atoms with Crippen LogP contribution in [0.15, 0.2) is 54.6 Å². The van der Waals surface area contributed by atoms with E-state index in [1.165, 1.54) is 6.07 Å². The van der Waals surface area contributed by atoms with E-state index in [2.05, 4.69) is 11.7 Å². The molecule has 1 heterocycles. The van der Waals surface area contributed by atoms with Crippen LogP contribution in [0.25, 0.3) is 11.1 Å². The van der Waals surface area contributed by atoms with Gasteiger partial charge in [-0.15, -0.1) is 0 Å². The molecule has 3 aromatic carbocycles. The Morgan fingerprint density at radius 1 is 0.769 bits per heavy atom. The molecular formula is C30H32BF5O3. The Hall–Kier alpha value is -2.91. The van der Waals surface area contributed by atoms with Crippen molar-refractivity contribution in [3.8, 4) is 16.9 Å². The van der Waals surface area contributed by atoms with Crippen LogP contribution in [-0.2, 0) is 21.8 Å². The largest absolute Gasteiger partial charge is 0.497 e. The minimum Gasteiger partial charge on any atom is -0.429 e. The van der Waals surface area contributed by atoms with Crippen LogP contribution in [0.4, 0.5) is 22.0 Å². The number of aryl methyl sites for hydroxylation is 1. The lowest BCUT2D eigenvalue weighted by Crippen LogP contribution is -2.41. The molecule has 39 heavy (non-hydrogen) atoms. The van der Waals surface area contributed by atoms with Crippen LogP contribution in [0.5, 0.6) is 5.75 Å². The van der Waals surface area contributed by atoms with Gasteiger partial charge in [0.2, 0.25) is 0 Å². The summed E-state index contributed by atoms with van der Waals surface area (Å²) in [5.41, 5.74) is -1.35. The van der Waals surface area contributed by atoms with Gasteiger partial charge in [-0.05, 0) is 75.4 Å². The molecule has 0 N–H and O–H groups in total. The molecule has 0 aromatic heterocycles. The molecule has 1 saturated heterocycles. The summed E-state index contributed by atoms with van der Waals surface area (Å²) in [6, 6.07) is 11.8. The van der Waals surface area contributed by atoms with E-state index >= 15 is 0 Å². The van der Waals surface area contributed by atoms with Crippen molar-refractivity contribution in [2.24, 2.45) is 0 Å². The lowest BCUT2D eigenvalue weighted by Gasteiger charge is -2.32. The van der Waals surface area contributed by atoms with E-state index in [1.54, 1.807) is 39.8 Å². The number of hydrogen-bond acceptors (Lipinski definition) is 3. The fourth-order valence-corrected chi connectivity index (χ4v) is 4.39. The molecule has 4 rings (SSSR count). The molecular weight excluding hydrogens is 514 g/mol. The Morgan fingerprint density at radius 2 is 1.36 bits per heavy atom. The molecule has 0 bridgehead atoms. The van der Waals surface area contributed by atoms with Crippen LogP contribution in [0.3, 0.4) is 0 Å². The molecule has 3 nitrogen and oxygen atoms in total. The number of benzene rings is 3. The van der Waals surface area contributed by atoms with Gasteiger partial charge in [0.1, 0.15) is 28.8 Å². The van der Waals surface area contributed by atoms with Crippen molar-refractivity contribution in [3.05, 3.63) is 83.2 Å². The molecule has 9 heteroatoms. The summed E-state index contributed by atoms with van der Waals surface area (Å²) >= 11 is 0. The molecule has 0 atom stereocenters. The number of hydrogen-bond donors (Lipinski definition) is 0. The molecule has 208 valence electrons. The number of ether oxygens (including phenoxy) is 1. The van der Waals surface area contributed by atoms with Gasteiger partial charge in [-0.1, -0.05) is 50.1 Å². The topological polar surface area (TPSA) is 27.7 Å². The van der Waals surface area contributed by atoms with Crippen molar-refractivity contribution in [3.63, 3.8) is 0 Å². The SMILES string of the molecule is CCCCCc1ccc(-c2cc(F)c(C(F)(F)Oc3ccc(B4OC(C)(C)C(C)(C)O4)c(F)c3)c(F)c2)cc1. The van der Waals surface area contributed by atoms with Crippen LogP contribution in [0, 0.1) is 17.5 Å². The van der Waals surface area contributed by atoms with Gasteiger partial charge in [-0.25, -0.2) is 13.2 Å². The first-order valence-electron chi connectivity index (χ1n) is 13.0. The highest BCUT2D eigenvalue weighted by molar-refractivity contribution is 6.62. The van der Waals surface area contributed by atoms with Gasteiger partial charge in [0.25, 0.3) is 0 Å². The smallest absolute Gasteiger partial charge is 0.429 e. The van der Waals surface area contributed by atoms with Gasteiger partial charge in [-0.2, -0.15) is 8.78 Å². The zero-order valence-electron chi connectivity index (χ0n) is 22.7. The Bertz CT molecular complexity index is 1290. The molecule has 1 fully saturated rings. The molecule has 0 spiro atoms. The maximum absolute atomic E-state index is 15.0. The summed E-state index contributed by atoms with van der Waals surface area (Å²) in [4.78, 5) is 0. The summed E-state index contributed by atoms with van der Waals surface area (Å²) in [6.07, 6.45) is -0.286. The molecule has 0 radical (unpaired) electrons. The van der Waals surface area contributed by atoms with Gasteiger partial charge >= 0.3 is 13.2 Å². The van der Waals surface area contributed by atoms with Gasteiger partial charge in [0, 0.05) is 11.5 Å². The second-order valence-corrected chi connectivity index (χ2v) is 10.9. The molecule has 3 aromatic rings. The molecule has 0 saturated carbocycles. The summed E-state index contributed by atoms with van der Waals surface area (Å²) in [5, 5.41) is 0. The summed E-state index contributed by atoms with van der Waals surface area (Å²) in [6.45, 7) is 9.28. The average Bonchev–Trinajstić information content (AvgIpc) is 3.05. The number of alkyl halides is 2. The molecule has 0 aliphatic carbocycles. The highest BCUT2D eigenvalue weighted by Gasteiger charge is 2.52. The molecule has 1 aliphatic heterocycles. The zero-order valence-corrected chi connectivity index (χ0v) is 22.7. The maximum Gasteiger partial charge on any atom is 0.497 e. The standard InChI is InChI=1S/C30H32BF5O3/c1-6-7-8-9-19-10-12-20(13-11-19)21-16-25(33)27(26(34)17-21)30(35,36)37-22-14-15-23(24(32)18-22)31-38-28(2,3)29(4,5)39-31/h10-18H,6-9H2,1-5H3. The maximum atomic E-state index is 15.0. The van der Waals surface area contributed by atoms with Crippen LogP contribution in [0.1, 0.15) is 65.0 Å². The van der Waals surface area contributed by atoms with E-state index in [0.29, 0.717) is 11.6 Å². The Kier molecular flexibility index (Phi) is 8.15. The van der Waals surface area contributed by atoms with Crippen molar-refractivity contribution < 1.29 is 36.0 Å². The van der Waals surface area contributed by atoms with Crippen molar-refractivity contribution in [1.82, 2.24) is 0 Å². The second kappa shape index (κ2) is 10.9. The average molecular weight is 546 g/mol. The monoisotopic (exact) mass is 546 g/mol. The summed E-state index contributed by atoms with van der Waals surface area (Å²) < 4.78 is 90.7. The molecule has 0 amide bonds. The quantitative estimate of drug-likeness (QED) is 0.155. The first-order chi connectivity index (χ1) is 18.2. The lowest BCUT2D eigenvalue weighted by atomic mass is 9.78. The van der Waals surface area contributed by atoms with E-state index in [-0.39, 0.29) is 11.0 Å². The van der Waals surface area contributed by atoms with Gasteiger partial charge in [-0.3, -0.25) is 0 Å². The van der Waals surface area contributed by atoms with Gasteiger partial charge in [0.05, 0.1) is 11.2 Å². The first-order valence-corrected chi connectivity index (χ1v) is 13.0. The summed E-state index contributed by atoms with van der Waals surface area (Å²) in [7, 11) is -1.06. The van der Waals surface area contributed by atoms with E-state index < -0.39 is 53.2 Å². The predicted molar refractivity (Wildman–Crippen MR) is 142 cm³/mol. The Balaban J connectivity index is 1.52. The minimum atomic E-state index is -4.41. The predicted octanol–water partition coefficient (Wildman–Crippen LogP) is 7.93. The third-order valence-corrected chi connectivity index (χ3v) is 7.41. The number of unbranched alkanes of at least 4 members (excludes halogenated alkanes) is 2. The van der Waals surface area contributed by atoms with Crippen molar-refractivity contribution >= 4 is 12.6 Å². The second-order valence-electron chi connectivity index (χ2n) is 10.9. The molecule has 0 unspecified atom stereocenters. The van der Waals surface area contributed by atoms with Gasteiger partial charge in [0.15, 0.2) is 0 Å². The van der Waals surface area contributed by atoms with Crippen LogP contribution in [0.2, 0.25) is 0 Å². The Labute approximate surface area is 226 Å². The van der Waals surface area contributed by atoms with Crippen molar-refractivity contribution in [2.75, 3.05) is 0 Å². The highest BCUT2D eigenvalue weighted by Crippen LogP contribution is 2.39. The van der Waals surface area contributed by atoms with Crippen molar-refractivity contribution in [1.29, 1.82) is 0 Å². The van der Waals surface area contributed by atoms with E-state index in [1.807, 2.05) is 12.1 Å². The zero-order chi connectivity index (χ0) is 28.6. The van der Waals surface area contributed by atoms with Gasteiger partial charge < -0.3 is 14.0 Å². The fourth-order valence-electron chi connectivity index (χ4n) is 4.39. The summed E-state index contributed by atoms with van der Waals surface area (Å²) in [5.74, 6) is -4.48. The fraction of sp³-hybridized carbons (Fsp3) is 0.400. The minimum absolute atomic E-state index is 0.0117. The van der Waals surface area contributed by atoms with E-state index in [4.69, 9.17) is 9.31 Å². The first kappa shape index (κ1) is 29.1. The normalized spacial score (nSPS) is 16.5. The third-order valence-electron chi connectivity index (χ3n) is 7.41. The third kappa shape index (κ3) is 6.14. The highest BCUT2D eigenvalue weighted by atomic mass is 19.3. The van der Waals surface area contributed by atoms with Crippen molar-refractivity contribution in [2.45, 2.75) is 77.6 Å². The number of halogens is 5. The Morgan fingerprint density at radius 3 is 1.90 bits per heavy atom. The lowest BCUT2D eigenvalue weighted by molar-refractivity contribution is -0.189. The number of rotatable bonds is 9. The van der Waals surface area contributed by atoms with Crippen LogP contribution in [-0.4, -0.2) is 18.3 Å². The van der Waals surface area contributed by atoms with E-state index in [0.717, 1.165) is 49.4 Å². The van der Waals surface area contributed by atoms with Crippen LogP contribution >= 0.6 is 0 Å². The molecule has 1 aliphatic rings.